The number of nitrogens with zero attached hydrogens (tertiary/aromatic N) is 5. The summed E-state index contributed by atoms with van der Waals surface area (Å²) in [5.74, 6) is -0.239. The third kappa shape index (κ3) is 2.57. The van der Waals surface area contributed by atoms with Gasteiger partial charge in [0.1, 0.15) is 16.6 Å². The first-order valence-electron chi connectivity index (χ1n) is 6.16. The van der Waals surface area contributed by atoms with Crippen LogP contribution in [-0.2, 0) is 4.79 Å². The summed E-state index contributed by atoms with van der Waals surface area (Å²) in [4.78, 5) is 23.6. The van der Waals surface area contributed by atoms with E-state index in [1.165, 1.54) is 18.1 Å². The second-order valence-electron chi connectivity index (χ2n) is 4.26. The van der Waals surface area contributed by atoms with E-state index in [2.05, 4.69) is 20.1 Å². The van der Waals surface area contributed by atoms with E-state index in [-0.39, 0.29) is 0 Å². The molecule has 7 nitrogen and oxygen atoms in total. The van der Waals surface area contributed by atoms with Crippen LogP contribution in [0.2, 0.25) is 0 Å². The molecule has 8 heteroatoms. The lowest BCUT2D eigenvalue weighted by atomic mass is 10.4. The molecule has 1 atom stereocenters. The van der Waals surface area contributed by atoms with Gasteiger partial charge in [-0.3, -0.25) is 4.79 Å². The van der Waals surface area contributed by atoms with Gasteiger partial charge >= 0.3 is 5.97 Å². The fourth-order valence-electron chi connectivity index (χ4n) is 1.78. The van der Waals surface area contributed by atoms with Crippen LogP contribution in [0.25, 0.3) is 16.9 Å². The Labute approximate surface area is 124 Å². The molecule has 0 amide bonds. The largest absolute Gasteiger partial charge is 0.480 e. The third-order valence-electron chi connectivity index (χ3n) is 2.83. The van der Waals surface area contributed by atoms with Crippen molar-refractivity contribution in [1.29, 1.82) is 0 Å². The first kappa shape index (κ1) is 13.5. The molecule has 0 fully saturated rings. The van der Waals surface area contributed by atoms with Crippen molar-refractivity contribution in [3.8, 4) is 5.82 Å². The molecule has 0 bridgehead atoms. The minimum absolute atomic E-state index is 0.595. The van der Waals surface area contributed by atoms with E-state index in [1.807, 2.05) is 18.2 Å². The standard InChI is InChI=1S/C13H11N5O2S/c1-8(13(19)20)21-12-9-6-17-18(11(9)15-7-16-12)10-4-2-3-5-14-10/h2-8H,1H3,(H,19,20). The summed E-state index contributed by atoms with van der Waals surface area (Å²) >= 11 is 1.17. The Morgan fingerprint density at radius 2 is 2.19 bits per heavy atom. The van der Waals surface area contributed by atoms with Crippen molar-refractivity contribution >= 4 is 28.8 Å². The molecule has 0 aliphatic rings. The van der Waals surface area contributed by atoms with Gasteiger partial charge in [0.2, 0.25) is 0 Å². The molecule has 0 aliphatic heterocycles. The van der Waals surface area contributed by atoms with Crippen LogP contribution in [-0.4, -0.2) is 41.1 Å². The molecule has 1 unspecified atom stereocenters. The number of fused-ring (bicyclic) bond motifs is 1. The second kappa shape index (κ2) is 5.49. The molecule has 3 aromatic heterocycles. The number of carboxylic acids is 1. The van der Waals surface area contributed by atoms with Crippen molar-refractivity contribution < 1.29 is 9.90 Å². The van der Waals surface area contributed by atoms with Gasteiger partial charge in [0.15, 0.2) is 11.5 Å². The average Bonchev–Trinajstić information content (AvgIpc) is 2.93. The number of hydrogen-bond acceptors (Lipinski definition) is 6. The van der Waals surface area contributed by atoms with E-state index in [4.69, 9.17) is 5.11 Å². The molecule has 1 N–H and O–H groups in total. The smallest absolute Gasteiger partial charge is 0.316 e. The van der Waals surface area contributed by atoms with Gasteiger partial charge in [0, 0.05) is 6.20 Å². The molecule has 0 spiro atoms. The number of pyridine rings is 1. The summed E-state index contributed by atoms with van der Waals surface area (Å²) in [5, 5.41) is 14.0. The predicted octanol–water partition coefficient (Wildman–Crippen LogP) is 1.78. The number of aromatic nitrogens is 5. The molecule has 0 radical (unpaired) electrons. The molecule has 3 heterocycles. The number of carboxylic acid groups (broad SMARTS) is 1. The molecular weight excluding hydrogens is 290 g/mol. The summed E-state index contributed by atoms with van der Waals surface area (Å²) in [6.45, 7) is 1.62. The van der Waals surface area contributed by atoms with Crippen molar-refractivity contribution in [2.75, 3.05) is 0 Å². The fraction of sp³-hybridized carbons (Fsp3) is 0.154. The normalized spacial score (nSPS) is 12.4. The maximum absolute atomic E-state index is 11.0. The van der Waals surface area contributed by atoms with Gasteiger partial charge in [-0.2, -0.15) is 9.78 Å². The van der Waals surface area contributed by atoms with Crippen LogP contribution in [0.15, 0.2) is 41.9 Å². The van der Waals surface area contributed by atoms with Gasteiger partial charge in [-0.1, -0.05) is 17.8 Å². The molecule has 0 saturated carbocycles. The average molecular weight is 301 g/mol. The molecule has 21 heavy (non-hydrogen) atoms. The second-order valence-corrected chi connectivity index (χ2v) is 5.59. The van der Waals surface area contributed by atoms with Crippen LogP contribution < -0.4 is 0 Å². The highest BCUT2D eigenvalue weighted by molar-refractivity contribution is 8.00. The minimum atomic E-state index is -0.885. The van der Waals surface area contributed by atoms with Crippen LogP contribution in [0.5, 0.6) is 0 Å². The fourth-order valence-corrected chi connectivity index (χ4v) is 2.60. The lowest BCUT2D eigenvalue weighted by Gasteiger charge is -2.06. The maximum Gasteiger partial charge on any atom is 0.316 e. The Morgan fingerprint density at radius 3 is 2.90 bits per heavy atom. The van der Waals surface area contributed by atoms with E-state index in [9.17, 15) is 4.79 Å². The molecule has 0 saturated heterocycles. The maximum atomic E-state index is 11.0. The quantitative estimate of drug-likeness (QED) is 0.579. The Bertz CT molecular complexity index is 790. The topological polar surface area (TPSA) is 93.8 Å². The van der Waals surface area contributed by atoms with Crippen molar-refractivity contribution in [3.05, 3.63) is 36.9 Å². The van der Waals surface area contributed by atoms with Gasteiger partial charge in [0.05, 0.1) is 11.6 Å². The zero-order valence-corrected chi connectivity index (χ0v) is 11.9. The highest BCUT2D eigenvalue weighted by Gasteiger charge is 2.18. The molecule has 3 aromatic rings. The zero-order valence-electron chi connectivity index (χ0n) is 11.0. The van der Waals surface area contributed by atoms with Gasteiger partial charge in [0.25, 0.3) is 0 Å². The Balaban J connectivity index is 2.06. The first-order valence-corrected chi connectivity index (χ1v) is 7.04. The van der Waals surface area contributed by atoms with Crippen LogP contribution in [0, 0.1) is 0 Å². The molecule has 0 aliphatic carbocycles. The lowest BCUT2D eigenvalue weighted by Crippen LogP contribution is -2.11. The van der Waals surface area contributed by atoms with E-state index >= 15 is 0 Å². The number of aliphatic carboxylic acids is 1. The van der Waals surface area contributed by atoms with Gasteiger partial charge < -0.3 is 5.11 Å². The molecule has 106 valence electrons. The van der Waals surface area contributed by atoms with E-state index < -0.39 is 11.2 Å². The molecular formula is C13H11N5O2S. The lowest BCUT2D eigenvalue weighted by molar-refractivity contribution is -0.136. The first-order chi connectivity index (χ1) is 10.2. The number of carbonyl (C=O) groups is 1. The van der Waals surface area contributed by atoms with E-state index in [0.717, 1.165) is 0 Å². The van der Waals surface area contributed by atoms with Gasteiger partial charge in [-0.05, 0) is 19.1 Å². The summed E-state index contributed by atoms with van der Waals surface area (Å²) in [5.41, 5.74) is 0.601. The summed E-state index contributed by atoms with van der Waals surface area (Å²) in [6, 6.07) is 5.50. The highest BCUT2D eigenvalue weighted by Crippen LogP contribution is 2.28. The van der Waals surface area contributed by atoms with Crippen LogP contribution in [0.3, 0.4) is 0 Å². The van der Waals surface area contributed by atoms with Crippen LogP contribution in [0.1, 0.15) is 6.92 Å². The predicted molar refractivity (Wildman–Crippen MR) is 77.4 cm³/mol. The summed E-state index contributed by atoms with van der Waals surface area (Å²) in [6.07, 6.45) is 4.70. The number of thioether (sulfide) groups is 1. The van der Waals surface area contributed by atoms with Crippen molar-refractivity contribution in [2.24, 2.45) is 0 Å². The van der Waals surface area contributed by atoms with Crippen molar-refractivity contribution in [1.82, 2.24) is 24.7 Å². The van der Waals surface area contributed by atoms with Gasteiger partial charge in [-0.15, -0.1) is 0 Å². The molecule has 3 rings (SSSR count). The van der Waals surface area contributed by atoms with Crippen molar-refractivity contribution in [3.63, 3.8) is 0 Å². The SMILES string of the molecule is CC(Sc1ncnc2c1cnn2-c1ccccn1)C(=O)O. The molecule has 0 aromatic carbocycles. The van der Waals surface area contributed by atoms with Gasteiger partial charge in [-0.25, -0.2) is 15.0 Å². The Kier molecular flexibility index (Phi) is 3.53. The van der Waals surface area contributed by atoms with Crippen LogP contribution >= 0.6 is 11.8 Å². The Hall–Kier alpha value is -2.48. The summed E-state index contributed by atoms with van der Waals surface area (Å²) in [7, 11) is 0. The zero-order chi connectivity index (χ0) is 14.8. The van der Waals surface area contributed by atoms with E-state index in [1.54, 1.807) is 24.0 Å². The third-order valence-corrected chi connectivity index (χ3v) is 3.94. The Morgan fingerprint density at radius 1 is 1.33 bits per heavy atom. The monoisotopic (exact) mass is 301 g/mol. The van der Waals surface area contributed by atoms with Crippen LogP contribution in [0.4, 0.5) is 0 Å². The summed E-state index contributed by atoms with van der Waals surface area (Å²) < 4.78 is 1.60. The minimum Gasteiger partial charge on any atom is -0.480 e. The number of hydrogen-bond donors (Lipinski definition) is 1. The number of rotatable bonds is 4. The highest BCUT2D eigenvalue weighted by atomic mass is 32.2. The van der Waals surface area contributed by atoms with Crippen molar-refractivity contribution in [2.45, 2.75) is 17.2 Å². The van der Waals surface area contributed by atoms with E-state index in [0.29, 0.717) is 21.9 Å².